The molecule has 0 aromatic heterocycles. The van der Waals surface area contributed by atoms with Crippen molar-refractivity contribution in [2.24, 2.45) is 35.5 Å². The molecule has 8 heterocycles. The number of nitrogens with zero attached hydrogens (tertiary/aromatic N) is 1. The summed E-state index contributed by atoms with van der Waals surface area (Å²) >= 11 is 0. The van der Waals surface area contributed by atoms with Crippen molar-refractivity contribution in [2.45, 2.75) is 99.1 Å². The first-order chi connectivity index (χ1) is 28.9. The summed E-state index contributed by atoms with van der Waals surface area (Å²) in [6.45, 7) is 12.9. The lowest BCUT2D eigenvalue weighted by Crippen LogP contribution is -2.68. The van der Waals surface area contributed by atoms with Crippen molar-refractivity contribution >= 4 is 18.0 Å². The smallest absolute Gasteiger partial charge is 0.449 e. The number of amides is 2. The zero-order chi connectivity index (χ0) is 43.8. The van der Waals surface area contributed by atoms with Crippen LogP contribution in [0, 0.1) is 40.9 Å². The van der Waals surface area contributed by atoms with Crippen LogP contribution in [0.15, 0.2) is 73.4 Å². The minimum absolute atomic E-state index is 0.126. The number of ether oxygens (including phenoxy) is 4. The number of halogens is 6. The number of hydrogen-bond donors (Lipinski definition) is 3. The Balaban J connectivity index is 0.964. The van der Waals surface area contributed by atoms with Crippen molar-refractivity contribution < 1.29 is 74.4 Å². The van der Waals surface area contributed by atoms with Gasteiger partial charge in [-0.3, -0.25) is 14.3 Å². The molecule has 2 spiro atoms. The Labute approximate surface area is 347 Å². The monoisotopic (exact) mass is 870 g/mol. The molecule has 0 aromatic carbocycles. The fourth-order valence-electron chi connectivity index (χ4n) is 11.1. The summed E-state index contributed by atoms with van der Waals surface area (Å²) in [4.78, 5) is 51.1. The minimum Gasteiger partial charge on any atom is -0.456 e. The molecule has 0 aromatic rings. The second kappa shape index (κ2) is 15.5. The fraction of sp³-hybridized carbons (Fsp3) is 0.634. The summed E-state index contributed by atoms with van der Waals surface area (Å²) in [5.41, 5.74) is -3.60. The molecule has 10 rings (SSSR count). The van der Waals surface area contributed by atoms with E-state index in [0.29, 0.717) is 25.7 Å². The number of alkyl halides is 6. The molecule has 4 bridgehead atoms. The average molecular weight is 871 g/mol. The third kappa shape index (κ3) is 7.01. The second-order valence-electron chi connectivity index (χ2n) is 16.8. The highest BCUT2D eigenvalue weighted by Gasteiger charge is 2.72. The molecule has 2 saturated carbocycles. The molecule has 12 atom stereocenters. The Morgan fingerprint density at radius 2 is 1.13 bits per heavy atom. The van der Waals surface area contributed by atoms with Crippen LogP contribution in [-0.4, -0.2) is 96.8 Å². The molecule has 2 aliphatic carbocycles. The molecule has 14 nitrogen and oxygen atoms in total. The summed E-state index contributed by atoms with van der Waals surface area (Å²) in [5.74, 6) is -10.7. The maximum absolute atomic E-state index is 14.7. The van der Waals surface area contributed by atoms with Crippen molar-refractivity contribution in [1.29, 1.82) is 5.41 Å². The molecule has 6 saturated heterocycles. The van der Waals surface area contributed by atoms with Gasteiger partial charge in [-0.15, -0.1) is 13.2 Å². The summed E-state index contributed by atoms with van der Waals surface area (Å²) < 4.78 is 111. The van der Waals surface area contributed by atoms with Gasteiger partial charge in [-0.05, 0) is 62.6 Å². The van der Waals surface area contributed by atoms with Crippen LogP contribution in [-0.2, 0) is 48.1 Å². The highest BCUT2D eigenvalue weighted by atomic mass is 19.4. The second-order valence-corrected chi connectivity index (χ2v) is 16.8. The molecule has 8 fully saturated rings. The van der Waals surface area contributed by atoms with E-state index in [-0.39, 0.29) is 48.7 Å². The average Bonchev–Trinajstić information content (AvgIpc) is 3.64. The maximum atomic E-state index is 14.7. The van der Waals surface area contributed by atoms with E-state index in [1.54, 1.807) is 12.2 Å². The fourth-order valence-corrected chi connectivity index (χ4v) is 11.1. The number of nitrogens with one attached hydrogen (secondary N) is 3. The van der Waals surface area contributed by atoms with Gasteiger partial charge < -0.3 is 35.2 Å². The van der Waals surface area contributed by atoms with Gasteiger partial charge in [0.1, 0.15) is 0 Å². The van der Waals surface area contributed by atoms with Crippen molar-refractivity contribution in [3.8, 4) is 0 Å². The Morgan fingerprint density at radius 3 is 1.54 bits per heavy atom. The van der Waals surface area contributed by atoms with Gasteiger partial charge in [-0.1, -0.05) is 25.3 Å². The number of fused-ring (bicyclic) bond motifs is 4. The van der Waals surface area contributed by atoms with Crippen molar-refractivity contribution in [3.05, 3.63) is 73.4 Å². The van der Waals surface area contributed by atoms with Crippen molar-refractivity contribution in [1.82, 2.24) is 15.5 Å². The van der Waals surface area contributed by atoms with Gasteiger partial charge in [0.15, 0.2) is 11.2 Å². The summed E-state index contributed by atoms with van der Waals surface area (Å²) in [5, 5.41) is 12.9. The van der Waals surface area contributed by atoms with Crippen LogP contribution in [0.4, 0.5) is 26.3 Å². The van der Waals surface area contributed by atoms with E-state index in [1.165, 1.54) is 6.08 Å². The first-order valence-corrected chi connectivity index (χ1v) is 20.3. The molecular formula is C41H48F6N4O10. The molecule has 8 aliphatic heterocycles. The zero-order valence-corrected chi connectivity index (χ0v) is 33.1. The molecule has 20 heteroatoms. The van der Waals surface area contributed by atoms with Crippen LogP contribution >= 0.6 is 0 Å². The first kappa shape index (κ1) is 43.4. The quantitative estimate of drug-likeness (QED) is 0.0874. The van der Waals surface area contributed by atoms with Gasteiger partial charge in [0.25, 0.3) is 0 Å². The first-order valence-electron chi connectivity index (χ1n) is 20.3. The Morgan fingerprint density at radius 1 is 0.689 bits per heavy atom. The molecule has 10 aliphatic rings. The van der Waals surface area contributed by atoms with Gasteiger partial charge in [-0.25, -0.2) is 9.78 Å². The standard InChI is InChI=1S/C41H48F6N4O10/c1-5-22-9-11-28-24(32(40(42,43)44)54-34-38(28)26(22)13-15-36(7-3,56-34)58-60-38)17-49-30(52)19-51(8-4)20-31(53)50-18-25-29-12-10-23(6-2)27-14-16-37(21-48)57-35(39(27,29)61-59-37)55-33(25)41(45,46)47/h5-8,21-23,26-29,34-35,48H,1-4,9-20H2,(H,49,52)(H,50,53)/t22-,23-,26+,27+,28+,29+,34-,35-,36-,37+,38-,39-/m1/s1. The van der Waals surface area contributed by atoms with Crippen LogP contribution in [0.2, 0.25) is 0 Å². The topological polar surface area (TPSA) is 159 Å². The Bertz CT molecular complexity index is 1800. The third-order valence-electron chi connectivity index (χ3n) is 13.9. The zero-order valence-electron chi connectivity index (χ0n) is 33.1. The number of carbonyl (C=O) groups excluding carboxylic acids is 2. The summed E-state index contributed by atoms with van der Waals surface area (Å²) in [7, 11) is 0. The predicted octanol–water partition coefficient (Wildman–Crippen LogP) is 5.92. The van der Waals surface area contributed by atoms with E-state index >= 15 is 0 Å². The molecule has 334 valence electrons. The normalized spacial score (nSPS) is 39.8. The number of rotatable bonds is 13. The van der Waals surface area contributed by atoms with Gasteiger partial charge in [-0.2, -0.15) is 36.1 Å². The van der Waals surface area contributed by atoms with Gasteiger partial charge >= 0.3 is 12.4 Å². The van der Waals surface area contributed by atoms with Gasteiger partial charge in [0.05, 0.1) is 19.3 Å². The van der Waals surface area contributed by atoms with Gasteiger partial charge in [0, 0.05) is 60.7 Å². The van der Waals surface area contributed by atoms with Crippen molar-refractivity contribution in [2.75, 3.05) is 26.2 Å². The van der Waals surface area contributed by atoms with Crippen LogP contribution in [0.1, 0.15) is 51.4 Å². The van der Waals surface area contributed by atoms with E-state index in [4.69, 9.17) is 43.9 Å². The summed E-state index contributed by atoms with van der Waals surface area (Å²) in [6, 6.07) is 0. The molecular weight excluding hydrogens is 822 g/mol. The van der Waals surface area contributed by atoms with E-state index in [0.717, 1.165) is 17.3 Å². The number of hydrogen-bond acceptors (Lipinski definition) is 12. The Hall–Kier alpha value is -4.21. The van der Waals surface area contributed by atoms with Gasteiger partial charge in [0.2, 0.25) is 47.5 Å². The molecule has 2 amide bonds. The third-order valence-corrected chi connectivity index (χ3v) is 13.9. The lowest BCUT2D eigenvalue weighted by Gasteiger charge is -2.57. The molecule has 0 radical (unpaired) electrons. The molecule has 3 N–H and O–H groups in total. The minimum atomic E-state index is -5.00. The predicted molar refractivity (Wildman–Crippen MR) is 198 cm³/mol. The summed E-state index contributed by atoms with van der Waals surface area (Å²) in [6.07, 6.45) is -3.82. The van der Waals surface area contributed by atoms with E-state index < -0.39 is 121 Å². The Kier molecular flexibility index (Phi) is 11.1. The van der Waals surface area contributed by atoms with Crippen molar-refractivity contribution in [3.63, 3.8) is 0 Å². The SMILES string of the molecule is C=C[C@@H]1CC[C@H]2C(CNC(=O)CN(C=C)CC(=O)NCC3=C(C(F)(F)F)O[C@@H]4O[C@@]5(C=N)CC[C@H]6[C@H](C=C)CC[C@@H]3[C@@]46OO5)=C(C(F)(F)F)O[C@@H]3O[C@@]4(C=C)CC[C@@H]1[C@]32OO4. The van der Waals surface area contributed by atoms with E-state index in [2.05, 4.69) is 36.9 Å². The number of carbonyl (C=O) groups is 2. The molecule has 61 heavy (non-hydrogen) atoms. The highest BCUT2D eigenvalue weighted by molar-refractivity contribution is 5.81. The molecule has 0 unspecified atom stereocenters. The van der Waals surface area contributed by atoms with Crippen LogP contribution in [0.25, 0.3) is 0 Å². The van der Waals surface area contributed by atoms with E-state index in [9.17, 15) is 35.9 Å². The van der Waals surface area contributed by atoms with Crippen LogP contribution in [0.3, 0.4) is 0 Å². The van der Waals surface area contributed by atoms with E-state index in [1.807, 2.05) is 0 Å². The lowest BCUT2D eigenvalue weighted by atomic mass is 9.59. The lowest BCUT2D eigenvalue weighted by molar-refractivity contribution is -0.550. The van der Waals surface area contributed by atoms with Crippen LogP contribution in [0.5, 0.6) is 0 Å². The van der Waals surface area contributed by atoms with Crippen LogP contribution < -0.4 is 10.6 Å². The largest absolute Gasteiger partial charge is 0.456 e. The number of allylic oxidation sites excluding steroid dienone is 4. The highest BCUT2D eigenvalue weighted by Crippen LogP contribution is 2.63. The maximum Gasteiger partial charge on any atom is 0.449 e.